The van der Waals surface area contributed by atoms with Crippen molar-refractivity contribution in [2.75, 3.05) is 51.2 Å². The number of rotatable bonds is 3. The van der Waals surface area contributed by atoms with E-state index < -0.39 is 0 Å². The maximum absolute atomic E-state index is 6.22. The first-order valence-electron chi connectivity index (χ1n) is 9.05. The van der Waals surface area contributed by atoms with E-state index in [4.69, 9.17) is 5.73 Å². The Labute approximate surface area is 145 Å². The molecule has 1 aromatic rings. The molecule has 1 aromatic heterocycles. The maximum atomic E-state index is 6.22. The third-order valence-electron chi connectivity index (χ3n) is 5.19. The van der Waals surface area contributed by atoms with E-state index in [1.165, 1.54) is 12.8 Å². The fraction of sp³-hybridized carbons (Fsp3) is 0.667. The van der Waals surface area contributed by atoms with Crippen molar-refractivity contribution in [1.82, 2.24) is 14.8 Å². The van der Waals surface area contributed by atoms with Crippen LogP contribution in [0.1, 0.15) is 25.3 Å². The molecule has 3 rings (SSSR count). The van der Waals surface area contributed by atoms with Gasteiger partial charge in [0.15, 0.2) is 5.96 Å². The zero-order chi connectivity index (χ0) is 16.9. The lowest BCUT2D eigenvalue weighted by molar-refractivity contribution is 0.277. The Bertz CT molecular complexity index is 556. The minimum Gasteiger partial charge on any atom is -0.370 e. The fourth-order valence-corrected chi connectivity index (χ4v) is 3.36. The van der Waals surface area contributed by atoms with Gasteiger partial charge in [0, 0.05) is 51.0 Å². The van der Waals surface area contributed by atoms with Crippen LogP contribution in [0.4, 0.5) is 5.82 Å². The monoisotopic (exact) mass is 330 g/mol. The topological polar surface area (TPSA) is 61.0 Å². The van der Waals surface area contributed by atoms with E-state index in [9.17, 15) is 0 Å². The Morgan fingerprint density at radius 1 is 1.21 bits per heavy atom. The van der Waals surface area contributed by atoms with Gasteiger partial charge in [0.05, 0.1) is 6.54 Å². The Kier molecular flexibility index (Phi) is 5.56. The van der Waals surface area contributed by atoms with Crippen molar-refractivity contribution in [3.8, 4) is 0 Å². The van der Waals surface area contributed by atoms with Crippen LogP contribution in [-0.2, 0) is 6.54 Å². The number of hydrogen-bond acceptors (Lipinski definition) is 4. The molecule has 24 heavy (non-hydrogen) atoms. The summed E-state index contributed by atoms with van der Waals surface area (Å²) < 4.78 is 0. The molecule has 2 N–H and O–H groups in total. The zero-order valence-electron chi connectivity index (χ0n) is 15.0. The number of piperidine rings is 1. The smallest absolute Gasteiger partial charge is 0.191 e. The van der Waals surface area contributed by atoms with E-state index in [1.54, 1.807) is 0 Å². The van der Waals surface area contributed by atoms with Crippen LogP contribution in [0.15, 0.2) is 23.3 Å². The van der Waals surface area contributed by atoms with E-state index in [0.29, 0.717) is 12.5 Å². The van der Waals surface area contributed by atoms with E-state index in [2.05, 4.69) is 44.7 Å². The second-order valence-electron chi connectivity index (χ2n) is 7.12. The van der Waals surface area contributed by atoms with Crippen LogP contribution in [-0.4, -0.2) is 67.1 Å². The summed E-state index contributed by atoms with van der Waals surface area (Å²) in [4.78, 5) is 16.2. The van der Waals surface area contributed by atoms with Crippen LogP contribution in [0.25, 0.3) is 0 Å². The van der Waals surface area contributed by atoms with Crippen molar-refractivity contribution in [2.24, 2.45) is 16.6 Å². The molecular weight excluding hydrogens is 300 g/mol. The van der Waals surface area contributed by atoms with Crippen LogP contribution in [0.2, 0.25) is 0 Å². The number of pyridine rings is 1. The number of nitrogens with zero attached hydrogens (tertiary/aromatic N) is 5. The molecule has 0 bridgehead atoms. The first-order valence-corrected chi connectivity index (χ1v) is 9.05. The second-order valence-corrected chi connectivity index (χ2v) is 7.12. The number of likely N-dealkylation sites (N-methyl/N-ethyl adjacent to an activating group) is 1. The van der Waals surface area contributed by atoms with Crippen molar-refractivity contribution in [3.05, 3.63) is 23.9 Å². The molecule has 0 unspecified atom stereocenters. The molecule has 3 heterocycles. The largest absolute Gasteiger partial charge is 0.370 e. The van der Waals surface area contributed by atoms with E-state index >= 15 is 0 Å². The summed E-state index contributed by atoms with van der Waals surface area (Å²) in [5, 5.41) is 0. The average molecular weight is 330 g/mol. The number of anilines is 1. The van der Waals surface area contributed by atoms with Gasteiger partial charge in [-0.3, -0.25) is 0 Å². The Morgan fingerprint density at radius 2 is 1.92 bits per heavy atom. The molecule has 2 saturated heterocycles. The summed E-state index contributed by atoms with van der Waals surface area (Å²) in [6.45, 7) is 9.15. The normalized spacial score (nSPS) is 21.3. The van der Waals surface area contributed by atoms with Crippen LogP contribution in [0, 0.1) is 5.92 Å². The zero-order valence-corrected chi connectivity index (χ0v) is 15.0. The van der Waals surface area contributed by atoms with E-state index in [0.717, 1.165) is 56.6 Å². The molecule has 0 atom stereocenters. The summed E-state index contributed by atoms with van der Waals surface area (Å²) in [7, 11) is 2.17. The summed E-state index contributed by atoms with van der Waals surface area (Å²) in [6.07, 6.45) is 4.28. The number of likely N-dealkylation sites (tertiary alicyclic amines) is 1. The molecule has 6 heteroatoms. The number of aromatic nitrogens is 1. The predicted octanol–water partition coefficient (Wildman–Crippen LogP) is 1.38. The van der Waals surface area contributed by atoms with Crippen molar-refractivity contribution in [1.29, 1.82) is 0 Å². The Hall–Kier alpha value is -1.82. The summed E-state index contributed by atoms with van der Waals surface area (Å²) in [5.41, 5.74) is 7.39. The van der Waals surface area contributed by atoms with Gasteiger partial charge in [-0.15, -0.1) is 0 Å². The second kappa shape index (κ2) is 7.83. The van der Waals surface area contributed by atoms with Gasteiger partial charge < -0.3 is 20.4 Å². The highest BCUT2D eigenvalue weighted by Crippen LogP contribution is 2.20. The highest BCUT2D eigenvalue weighted by Gasteiger charge is 2.19. The van der Waals surface area contributed by atoms with Gasteiger partial charge in [0.2, 0.25) is 0 Å². The van der Waals surface area contributed by atoms with Gasteiger partial charge in [-0.25, -0.2) is 9.98 Å². The summed E-state index contributed by atoms with van der Waals surface area (Å²) in [5.74, 6) is 2.54. The van der Waals surface area contributed by atoms with Gasteiger partial charge in [-0.05, 0) is 31.9 Å². The van der Waals surface area contributed by atoms with E-state index in [1.807, 2.05) is 12.3 Å². The average Bonchev–Trinajstić information content (AvgIpc) is 2.61. The maximum Gasteiger partial charge on any atom is 0.191 e. The standard InChI is InChI=1S/C18H30N6/c1-15-5-8-24(9-6-15)18(19)21-14-16-4-3-7-20-17(16)23-12-10-22(2)11-13-23/h3-4,7,15H,5-6,8-14H2,1-2H3,(H2,19,21). The minimum atomic E-state index is 0.605. The lowest BCUT2D eigenvalue weighted by Crippen LogP contribution is -2.45. The van der Waals surface area contributed by atoms with Gasteiger partial charge in [-0.1, -0.05) is 13.0 Å². The van der Waals surface area contributed by atoms with E-state index in [-0.39, 0.29) is 0 Å². The van der Waals surface area contributed by atoms with Crippen molar-refractivity contribution >= 4 is 11.8 Å². The molecule has 0 amide bonds. The van der Waals surface area contributed by atoms with Gasteiger partial charge in [-0.2, -0.15) is 0 Å². The van der Waals surface area contributed by atoms with Crippen molar-refractivity contribution < 1.29 is 0 Å². The minimum absolute atomic E-state index is 0.605. The quantitative estimate of drug-likeness (QED) is 0.670. The van der Waals surface area contributed by atoms with Crippen LogP contribution in [0.3, 0.4) is 0 Å². The lowest BCUT2D eigenvalue weighted by atomic mass is 10.00. The molecule has 0 spiro atoms. The highest BCUT2D eigenvalue weighted by atomic mass is 15.3. The first-order chi connectivity index (χ1) is 11.6. The third-order valence-corrected chi connectivity index (χ3v) is 5.19. The molecule has 0 aliphatic carbocycles. The van der Waals surface area contributed by atoms with Crippen LogP contribution in [0.5, 0.6) is 0 Å². The summed E-state index contributed by atoms with van der Waals surface area (Å²) in [6, 6.07) is 4.11. The van der Waals surface area contributed by atoms with Gasteiger partial charge in [0.25, 0.3) is 0 Å². The van der Waals surface area contributed by atoms with Gasteiger partial charge in [0.1, 0.15) is 5.82 Å². The molecule has 0 aromatic carbocycles. The molecule has 132 valence electrons. The Morgan fingerprint density at radius 3 is 2.62 bits per heavy atom. The predicted molar refractivity (Wildman–Crippen MR) is 99.2 cm³/mol. The number of aliphatic imine (C=N–C) groups is 1. The number of piperazine rings is 1. The number of hydrogen-bond donors (Lipinski definition) is 1. The third kappa shape index (κ3) is 4.17. The summed E-state index contributed by atoms with van der Waals surface area (Å²) >= 11 is 0. The molecule has 6 nitrogen and oxygen atoms in total. The van der Waals surface area contributed by atoms with Crippen LogP contribution < -0.4 is 10.6 Å². The van der Waals surface area contributed by atoms with Crippen molar-refractivity contribution in [2.45, 2.75) is 26.3 Å². The fourth-order valence-electron chi connectivity index (χ4n) is 3.36. The first kappa shape index (κ1) is 17.0. The molecule has 2 fully saturated rings. The molecule has 0 radical (unpaired) electrons. The lowest BCUT2D eigenvalue weighted by Gasteiger charge is -2.34. The molecule has 2 aliphatic rings. The molecule has 2 aliphatic heterocycles. The molecular formula is C18H30N6. The highest BCUT2D eigenvalue weighted by molar-refractivity contribution is 5.78. The number of guanidine groups is 1. The van der Waals surface area contributed by atoms with Crippen LogP contribution >= 0.6 is 0 Å². The SMILES string of the molecule is CC1CCN(C(N)=NCc2cccnc2N2CCN(C)CC2)CC1. The van der Waals surface area contributed by atoms with Crippen molar-refractivity contribution in [3.63, 3.8) is 0 Å². The Balaban J connectivity index is 1.65. The number of nitrogens with two attached hydrogens (primary N) is 1. The van der Waals surface area contributed by atoms with Gasteiger partial charge >= 0.3 is 0 Å². The molecule has 0 saturated carbocycles.